The minimum atomic E-state index is -0.947. The largest absolute Gasteiger partial charge is 0.481 e. The van der Waals surface area contributed by atoms with Crippen molar-refractivity contribution < 1.29 is 9.90 Å². The van der Waals surface area contributed by atoms with Gasteiger partial charge >= 0.3 is 5.97 Å². The van der Waals surface area contributed by atoms with E-state index in [1.165, 1.54) is 12.8 Å². The lowest BCUT2D eigenvalue weighted by Crippen LogP contribution is -1.95. The van der Waals surface area contributed by atoms with Crippen LogP contribution in [0, 0.1) is 12.3 Å². The van der Waals surface area contributed by atoms with Crippen LogP contribution in [0.15, 0.2) is 0 Å². The summed E-state index contributed by atoms with van der Waals surface area (Å²) in [5.41, 5.74) is 5.14. The van der Waals surface area contributed by atoms with Gasteiger partial charge in [-0.1, -0.05) is 19.3 Å². The monoisotopic (exact) mass is 157 g/mol. The Morgan fingerprint density at radius 3 is 2.27 bits per heavy atom. The highest BCUT2D eigenvalue weighted by atomic mass is 16.4. The number of carboxylic acid groups (broad SMARTS) is 1. The molecule has 3 N–H and O–H groups in total. The smallest absolute Gasteiger partial charge is 0.315 e. The van der Waals surface area contributed by atoms with E-state index in [2.05, 4.69) is 13.3 Å². The van der Waals surface area contributed by atoms with Crippen molar-refractivity contribution in [3.05, 3.63) is 0 Å². The Kier molecular flexibility index (Phi) is 13.5. The minimum Gasteiger partial charge on any atom is -0.481 e. The number of unbranched alkanes of at least 4 members (excludes halogenated alkanes) is 1. The van der Waals surface area contributed by atoms with Gasteiger partial charge in [0.15, 0.2) is 0 Å². The van der Waals surface area contributed by atoms with Crippen LogP contribution in [0.25, 0.3) is 0 Å². The first-order valence-electron chi connectivity index (χ1n) is 3.54. The molecule has 0 aromatic heterocycles. The molecule has 0 radical (unpaired) electrons. The Morgan fingerprint density at radius 2 is 2.27 bits per heavy atom. The molecule has 0 amide bonds. The first-order valence-corrected chi connectivity index (χ1v) is 3.54. The van der Waals surface area contributed by atoms with E-state index in [-0.39, 0.29) is 6.42 Å². The maximum atomic E-state index is 9.46. The average molecular weight is 157 g/mol. The molecular weight excluding hydrogens is 142 g/mol. The van der Waals surface area contributed by atoms with E-state index in [1.807, 2.05) is 5.92 Å². The summed E-state index contributed by atoms with van der Waals surface area (Å²) in [6, 6.07) is 0. The van der Waals surface area contributed by atoms with Gasteiger partial charge in [-0.15, -0.1) is 6.42 Å². The van der Waals surface area contributed by atoms with Gasteiger partial charge in [0.05, 0.1) is 0 Å². The molecule has 0 bridgehead atoms. The van der Waals surface area contributed by atoms with E-state index in [1.54, 1.807) is 0 Å². The zero-order chi connectivity index (χ0) is 9.11. The number of nitrogens with two attached hydrogens (primary N) is 1. The lowest BCUT2D eigenvalue weighted by molar-refractivity contribution is -0.135. The van der Waals surface area contributed by atoms with Crippen LogP contribution in [-0.4, -0.2) is 17.6 Å². The zero-order valence-corrected chi connectivity index (χ0v) is 6.84. The van der Waals surface area contributed by atoms with E-state index >= 15 is 0 Å². The lowest BCUT2D eigenvalue weighted by atomic mass is 10.3. The van der Waals surface area contributed by atoms with Crippen LogP contribution in [0.2, 0.25) is 0 Å². The van der Waals surface area contributed by atoms with Gasteiger partial charge < -0.3 is 10.8 Å². The van der Waals surface area contributed by atoms with E-state index in [9.17, 15) is 4.79 Å². The minimum absolute atomic E-state index is 0.181. The summed E-state index contributed by atoms with van der Waals surface area (Å²) in [5.74, 6) is 1.02. The molecule has 64 valence electrons. The Hall–Kier alpha value is -1.01. The third kappa shape index (κ3) is 27.6. The molecule has 0 saturated carbocycles. The number of aliphatic carboxylic acids is 1. The molecule has 0 unspecified atom stereocenters. The summed E-state index contributed by atoms with van der Waals surface area (Å²) >= 11 is 0. The van der Waals surface area contributed by atoms with Gasteiger partial charge in [-0.3, -0.25) is 4.79 Å². The normalized spacial score (nSPS) is 7.36. The Labute approximate surface area is 67.6 Å². The predicted octanol–water partition coefficient (Wildman–Crippen LogP) is 0.840. The van der Waals surface area contributed by atoms with Gasteiger partial charge in [-0.05, 0) is 13.0 Å². The van der Waals surface area contributed by atoms with Crippen molar-refractivity contribution in [1.29, 1.82) is 0 Å². The van der Waals surface area contributed by atoms with Crippen molar-refractivity contribution in [2.45, 2.75) is 26.2 Å². The topological polar surface area (TPSA) is 63.3 Å². The van der Waals surface area contributed by atoms with Crippen LogP contribution in [0.4, 0.5) is 0 Å². The number of carbonyl (C=O) groups is 1. The van der Waals surface area contributed by atoms with Gasteiger partial charge in [0.2, 0.25) is 0 Å². The standard InChI is InChI=1S/C4H11N.C4H4O2/c1-2-3-4-5;1-2-3-4(5)6/h2-5H2,1H3;1H,3H2,(H,5,6). The van der Waals surface area contributed by atoms with Crippen LogP contribution in [0.3, 0.4) is 0 Å². The van der Waals surface area contributed by atoms with Gasteiger partial charge in [0, 0.05) is 0 Å². The third-order valence-electron chi connectivity index (χ3n) is 0.811. The molecule has 0 rings (SSSR count). The van der Waals surface area contributed by atoms with Gasteiger partial charge in [0.25, 0.3) is 0 Å². The lowest BCUT2D eigenvalue weighted by Gasteiger charge is -1.80. The maximum absolute atomic E-state index is 9.46. The molecule has 3 heteroatoms. The van der Waals surface area contributed by atoms with Crippen molar-refractivity contribution in [3.63, 3.8) is 0 Å². The maximum Gasteiger partial charge on any atom is 0.315 e. The summed E-state index contributed by atoms with van der Waals surface area (Å²) in [4.78, 5) is 9.46. The zero-order valence-electron chi connectivity index (χ0n) is 6.84. The summed E-state index contributed by atoms with van der Waals surface area (Å²) in [6.45, 7) is 2.98. The number of hydrogen-bond acceptors (Lipinski definition) is 2. The van der Waals surface area contributed by atoms with Crippen molar-refractivity contribution in [3.8, 4) is 12.3 Å². The predicted molar refractivity (Wildman–Crippen MR) is 45.0 cm³/mol. The van der Waals surface area contributed by atoms with Gasteiger partial charge in [-0.25, -0.2) is 0 Å². The van der Waals surface area contributed by atoms with E-state index in [0.29, 0.717) is 0 Å². The summed E-state index contributed by atoms with van der Waals surface area (Å²) in [6.07, 6.45) is 6.80. The molecular formula is C8H15NO2. The highest BCUT2D eigenvalue weighted by molar-refractivity contribution is 5.69. The molecule has 0 aliphatic carbocycles. The average Bonchev–Trinajstić information content (AvgIpc) is 1.90. The summed E-state index contributed by atoms with van der Waals surface area (Å²) in [5, 5.41) is 7.77. The molecule has 0 saturated heterocycles. The second kappa shape index (κ2) is 11.7. The van der Waals surface area contributed by atoms with Crippen LogP contribution >= 0.6 is 0 Å². The fourth-order valence-corrected chi connectivity index (χ4v) is 0.291. The molecule has 0 aliphatic heterocycles. The molecule has 0 fully saturated rings. The van der Waals surface area contributed by atoms with Crippen molar-refractivity contribution in [1.82, 2.24) is 0 Å². The van der Waals surface area contributed by atoms with Crippen molar-refractivity contribution in [2.24, 2.45) is 5.73 Å². The second-order valence-electron chi connectivity index (χ2n) is 1.92. The molecule has 11 heavy (non-hydrogen) atoms. The Morgan fingerprint density at radius 1 is 1.73 bits per heavy atom. The highest BCUT2D eigenvalue weighted by Crippen LogP contribution is 1.77. The van der Waals surface area contributed by atoms with Crippen LogP contribution in [0.1, 0.15) is 26.2 Å². The molecule has 0 aromatic carbocycles. The molecule has 0 atom stereocenters. The van der Waals surface area contributed by atoms with Gasteiger partial charge in [0.1, 0.15) is 6.42 Å². The number of rotatable bonds is 3. The molecule has 0 spiro atoms. The second-order valence-corrected chi connectivity index (χ2v) is 1.92. The number of carboxylic acids is 1. The first kappa shape index (κ1) is 12.6. The fourth-order valence-electron chi connectivity index (χ4n) is 0.291. The third-order valence-corrected chi connectivity index (χ3v) is 0.811. The van der Waals surface area contributed by atoms with E-state index < -0.39 is 5.97 Å². The van der Waals surface area contributed by atoms with Gasteiger partial charge in [-0.2, -0.15) is 0 Å². The summed E-state index contributed by atoms with van der Waals surface area (Å²) < 4.78 is 0. The van der Waals surface area contributed by atoms with Crippen LogP contribution in [-0.2, 0) is 4.79 Å². The first-order chi connectivity index (χ1) is 5.18. The molecule has 0 heterocycles. The number of terminal acetylenes is 1. The number of hydrogen-bond donors (Lipinski definition) is 2. The summed E-state index contributed by atoms with van der Waals surface area (Å²) in [7, 11) is 0. The SMILES string of the molecule is C#CCC(=O)O.CCCCN. The van der Waals surface area contributed by atoms with Crippen molar-refractivity contribution in [2.75, 3.05) is 6.54 Å². The van der Waals surface area contributed by atoms with Crippen molar-refractivity contribution >= 4 is 5.97 Å². The van der Waals surface area contributed by atoms with Crippen LogP contribution < -0.4 is 5.73 Å². The Bertz CT molecular complexity index is 125. The van der Waals surface area contributed by atoms with Crippen LogP contribution in [0.5, 0.6) is 0 Å². The molecule has 0 aromatic rings. The molecule has 3 nitrogen and oxygen atoms in total. The van der Waals surface area contributed by atoms with E-state index in [0.717, 1.165) is 6.54 Å². The Balaban J connectivity index is 0. The van der Waals surface area contributed by atoms with E-state index in [4.69, 9.17) is 10.8 Å². The fraction of sp³-hybridized carbons (Fsp3) is 0.625. The highest BCUT2D eigenvalue weighted by Gasteiger charge is 1.84. The molecule has 0 aliphatic rings. The quantitative estimate of drug-likeness (QED) is 0.597.